The molecule has 0 atom stereocenters. The van der Waals surface area contributed by atoms with Crippen LogP contribution in [0.3, 0.4) is 0 Å². The molecule has 0 aromatic heterocycles. The van der Waals surface area contributed by atoms with Crippen molar-refractivity contribution in [3.8, 4) is 11.5 Å². The Kier molecular flexibility index (Phi) is 5.36. The molecule has 2 aromatic rings. The van der Waals surface area contributed by atoms with E-state index in [2.05, 4.69) is 0 Å². The SMILES string of the molecule is O=C(/C=C(O)/C=C/c1ccc([O-])cc1)/C=C/c1ccc(O)cc1. The van der Waals surface area contributed by atoms with Gasteiger partial charge in [-0.2, -0.15) is 0 Å². The maximum absolute atomic E-state index is 11.7. The molecule has 2 rings (SSSR count). The van der Waals surface area contributed by atoms with Gasteiger partial charge >= 0.3 is 0 Å². The maximum Gasteiger partial charge on any atom is 0.182 e. The lowest BCUT2D eigenvalue weighted by molar-refractivity contribution is -0.268. The summed E-state index contributed by atoms with van der Waals surface area (Å²) in [6.07, 6.45) is 6.98. The highest BCUT2D eigenvalue weighted by atomic mass is 16.3. The fraction of sp³-hybridized carbons (Fsp3) is 0. The fourth-order valence-electron chi connectivity index (χ4n) is 1.77. The number of phenols is 1. The monoisotopic (exact) mass is 307 g/mol. The van der Waals surface area contributed by atoms with E-state index in [4.69, 9.17) is 5.11 Å². The lowest BCUT2D eigenvalue weighted by atomic mass is 10.1. The minimum Gasteiger partial charge on any atom is -0.872 e. The topological polar surface area (TPSA) is 80.6 Å². The Hall–Kier alpha value is -3.27. The van der Waals surface area contributed by atoms with E-state index in [1.54, 1.807) is 36.4 Å². The van der Waals surface area contributed by atoms with Gasteiger partial charge in [-0.1, -0.05) is 48.6 Å². The Balaban J connectivity index is 1.98. The van der Waals surface area contributed by atoms with Crippen LogP contribution in [0.2, 0.25) is 0 Å². The van der Waals surface area contributed by atoms with Crippen LogP contribution in [-0.2, 0) is 4.79 Å². The first kappa shape index (κ1) is 16.1. The van der Waals surface area contributed by atoms with Crippen LogP contribution < -0.4 is 5.11 Å². The van der Waals surface area contributed by atoms with E-state index in [1.165, 1.54) is 36.4 Å². The zero-order valence-electron chi connectivity index (χ0n) is 12.2. The second-order valence-corrected chi connectivity index (χ2v) is 4.80. The van der Waals surface area contributed by atoms with Gasteiger partial charge in [0.1, 0.15) is 11.5 Å². The predicted octanol–water partition coefficient (Wildman–Crippen LogP) is 3.20. The van der Waals surface area contributed by atoms with Gasteiger partial charge in [0.15, 0.2) is 5.78 Å². The second kappa shape index (κ2) is 7.66. The summed E-state index contributed by atoms with van der Waals surface area (Å²) in [5.41, 5.74) is 1.51. The summed E-state index contributed by atoms with van der Waals surface area (Å²) in [7, 11) is 0. The average Bonchev–Trinajstić information content (AvgIpc) is 2.54. The Bertz CT molecular complexity index is 751. The van der Waals surface area contributed by atoms with E-state index in [0.29, 0.717) is 0 Å². The number of aromatic hydroxyl groups is 1. The maximum atomic E-state index is 11.7. The van der Waals surface area contributed by atoms with E-state index in [1.807, 2.05) is 0 Å². The number of hydrogen-bond acceptors (Lipinski definition) is 4. The van der Waals surface area contributed by atoms with Gasteiger partial charge in [-0.3, -0.25) is 4.79 Å². The Morgan fingerprint density at radius 1 is 0.870 bits per heavy atom. The summed E-state index contributed by atoms with van der Waals surface area (Å²) in [4.78, 5) is 11.7. The van der Waals surface area contributed by atoms with Crippen LogP contribution in [0.1, 0.15) is 11.1 Å². The van der Waals surface area contributed by atoms with Crippen molar-refractivity contribution in [1.29, 1.82) is 0 Å². The van der Waals surface area contributed by atoms with E-state index < -0.39 is 0 Å². The first-order valence-corrected chi connectivity index (χ1v) is 6.90. The number of carbonyl (C=O) groups excluding carboxylic acids is 1. The van der Waals surface area contributed by atoms with Gasteiger partial charge < -0.3 is 15.3 Å². The molecule has 4 nitrogen and oxygen atoms in total. The molecule has 0 fully saturated rings. The average molecular weight is 307 g/mol. The van der Waals surface area contributed by atoms with Crippen LogP contribution in [0, 0.1) is 0 Å². The van der Waals surface area contributed by atoms with Crippen LogP contribution in [-0.4, -0.2) is 16.0 Å². The van der Waals surface area contributed by atoms with Crippen molar-refractivity contribution >= 4 is 17.9 Å². The van der Waals surface area contributed by atoms with E-state index >= 15 is 0 Å². The van der Waals surface area contributed by atoms with Crippen LogP contribution in [0.15, 0.2) is 72.5 Å². The van der Waals surface area contributed by atoms with Gasteiger partial charge in [0.2, 0.25) is 0 Å². The third-order valence-corrected chi connectivity index (χ3v) is 2.95. The first-order valence-electron chi connectivity index (χ1n) is 6.90. The molecule has 0 aliphatic heterocycles. The smallest absolute Gasteiger partial charge is 0.182 e. The molecule has 2 aromatic carbocycles. The minimum atomic E-state index is -0.366. The number of aliphatic hydroxyl groups excluding tert-OH is 1. The molecule has 0 aliphatic carbocycles. The van der Waals surface area contributed by atoms with Gasteiger partial charge in [-0.25, -0.2) is 0 Å². The quantitative estimate of drug-likeness (QED) is 0.505. The molecular weight excluding hydrogens is 292 g/mol. The molecule has 0 heterocycles. The molecule has 2 N–H and O–H groups in total. The highest BCUT2D eigenvalue weighted by Crippen LogP contribution is 2.11. The molecule has 0 unspecified atom stereocenters. The third kappa shape index (κ3) is 5.55. The molecule has 23 heavy (non-hydrogen) atoms. The number of phenolic OH excluding ortho intramolecular Hbond substituents is 1. The lowest BCUT2D eigenvalue weighted by Crippen LogP contribution is -1.89. The summed E-state index contributed by atoms with van der Waals surface area (Å²) in [5.74, 6) is -0.482. The fourth-order valence-corrected chi connectivity index (χ4v) is 1.77. The summed E-state index contributed by atoms with van der Waals surface area (Å²) in [5, 5.41) is 29.8. The summed E-state index contributed by atoms with van der Waals surface area (Å²) in [6.45, 7) is 0. The molecule has 0 amide bonds. The number of hydrogen-bond donors (Lipinski definition) is 2. The number of aliphatic hydroxyl groups is 1. The highest BCUT2D eigenvalue weighted by molar-refractivity contribution is 6.02. The van der Waals surface area contributed by atoms with Crippen LogP contribution in [0.5, 0.6) is 11.5 Å². The first-order chi connectivity index (χ1) is 11.0. The zero-order valence-corrected chi connectivity index (χ0v) is 12.2. The van der Waals surface area contributed by atoms with Crippen molar-refractivity contribution in [2.45, 2.75) is 0 Å². The molecular formula is C19H15O4-. The summed E-state index contributed by atoms with van der Waals surface area (Å²) >= 11 is 0. The van der Waals surface area contributed by atoms with Crippen molar-refractivity contribution in [2.24, 2.45) is 0 Å². The van der Waals surface area contributed by atoms with Gasteiger partial charge in [0, 0.05) is 6.08 Å². The third-order valence-electron chi connectivity index (χ3n) is 2.95. The second-order valence-electron chi connectivity index (χ2n) is 4.80. The number of ketones is 1. The number of benzene rings is 2. The molecule has 0 bridgehead atoms. The molecule has 0 saturated carbocycles. The normalized spacial score (nSPS) is 12.1. The van der Waals surface area contributed by atoms with Crippen molar-refractivity contribution < 1.29 is 20.1 Å². The number of allylic oxidation sites excluding steroid dienone is 3. The van der Waals surface area contributed by atoms with Crippen LogP contribution in [0.25, 0.3) is 12.2 Å². The van der Waals surface area contributed by atoms with E-state index in [9.17, 15) is 15.0 Å². The summed E-state index contributed by atoms with van der Waals surface area (Å²) < 4.78 is 0. The summed E-state index contributed by atoms with van der Waals surface area (Å²) in [6, 6.07) is 12.5. The van der Waals surface area contributed by atoms with Crippen LogP contribution >= 0.6 is 0 Å². The molecule has 0 aliphatic rings. The molecule has 4 heteroatoms. The Morgan fingerprint density at radius 2 is 1.39 bits per heavy atom. The Morgan fingerprint density at radius 3 is 2.00 bits per heavy atom. The van der Waals surface area contributed by atoms with Gasteiger partial charge in [0.05, 0.1) is 0 Å². The predicted molar refractivity (Wildman–Crippen MR) is 87.8 cm³/mol. The molecule has 116 valence electrons. The van der Waals surface area contributed by atoms with Crippen molar-refractivity contribution in [2.75, 3.05) is 0 Å². The number of carbonyl (C=O) groups is 1. The van der Waals surface area contributed by atoms with Crippen molar-refractivity contribution in [3.05, 3.63) is 83.6 Å². The van der Waals surface area contributed by atoms with Gasteiger partial charge in [0.25, 0.3) is 0 Å². The van der Waals surface area contributed by atoms with Crippen molar-refractivity contribution in [3.63, 3.8) is 0 Å². The Labute approximate surface area is 134 Å². The van der Waals surface area contributed by atoms with Gasteiger partial charge in [-0.05, 0) is 35.4 Å². The van der Waals surface area contributed by atoms with E-state index in [-0.39, 0.29) is 23.0 Å². The highest BCUT2D eigenvalue weighted by Gasteiger charge is 1.95. The zero-order chi connectivity index (χ0) is 16.7. The van der Waals surface area contributed by atoms with Crippen LogP contribution in [0.4, 0.5) is 0 Å². The molecule has 0 spiro atoms. The van der Waals surface area contributed by atoms with Crippen molar-refractivity contribution in [1.82, 2.24) is 0 Å². The molecule has 0 radical (unpaired) electrons. The standard InChI is InChI=1S/C19H16O4/c20-16-7-1-14(2-8-16)5-11-18(22)13-19(23)12-6-15-3-9-17(21)10-4-15/h1-13,20-22H/p-1/b11-5+,12-6+,18-13-. The van der Waals surface area contributed by atoms with Gasteiger partial charge in [-0.15, -0.1) is 5.75 Å². The molecule has 0 saturated heterocycles. The number of rotatable bonds is 5. The van der Waals surface area contributed by atoms with E-state index in [0.717, 1.165) is 17.2 Å². The largest absolute Gasteiger partial charge is 0.872 e. The lowest BCUT2D eigenvalue weighted by Gasteiger charge is -2.02. The minimum absolute atomic E-state index is 0.0866.